The van der Waals surface area contributed by atoms with Gasteiger partial charge in [-0.1, -0.05) is 109 Å². The van der Waals surface area contributed by atoms with Crippen molar-refractivity contribution in [3.8, 4) is 44.8 Å². The van der Waals surface area contributed by atoms with Gasteiger partial charge in [0.15, 0.2) is 0 Å². The van der Waals surface area contributed by atoms with Crippen molar-refractivity contribution in [1.82, 2.24) is 14.5 Å². The normalized spacial score (nSPS) is 11.6. The lowest BCUT2D eigenvalue weighted by atomic mass is 9.97. The number of nitrogens with zero attached hydrogens (tertiary/aromatic N) is 3. The van der Waals surface area contributed by atoms with Gasteiger partial charge in [0.1, 0.15) is 0 Å². The van der Waals surface area contributed by atoms with E-state index in [0.717, 1.165) is 44.3 Å². The third-order valence-corrected chi connectivity index (χ3v) is 9.20. The second-order valence-corrected chi connectivity index (χ2v) is 11.9. The summed E-state index contributed by atoms with van der Waals surface area (Å²) in [6.45, 7) is 0. The summed E-state index contributed by atoms with van der Waals surface area (Å²) < 4.78 is 2.28. The largest absolute Gasteiger partial charge is 0.344 e. The van der Waals surface area contributed by atoms with Crippen LogP contribution in [0, 0.1) is 0 Å². The predicted octanol–water partition coefficient (Wildman–Crippen LogP) is 11.1. The topological polar surface area (TPSA) is 30.7 Å². The van der Waals surface area contributed by atoms with Gasteiger partial charge in [0.25, 0.3) is 0 Å². The van der Waals surface area contributed by atoms with Crippen molar-refractivity contribution in [1.29, 1.82) is 0 Å². The summed E-state index contributed by atoms with van der Waals surface area (Å²) in [5.74, 6) is 0. The Kier molecular flexibility index (Phi) is 6.04. The van der Waals surface area contributed by atoms with Crippen LogP contribution in [-0.4, -0.2) is 14.5 Å². The zero-order chi connectivity index (χ0) is 30.6. The summed E-state index contributed by atoms with van der Waals surface area (Å²) in [6.07, 6.45) is 0. The minimum absolute atomic E-state index is 0.969. The van der Waals surface area contributed by atoms with Crippen LogP contribution < -0.4 is 0 Å². The summed E-state index contributed by atoms with van der Waals surface area (Å²) in [7, 11) is 2.15. The Morgan fingerprint density at radius 3 is 1.24 bits per heavy atom. The maximum atomic E-state index is 5.14. The van der Waals surface area contributed by atoms with Gasteiger partial charge in [-0.3, -0.25) is 0 Å². The van der Waals surface area contributed by atoms with Crippen molar-refractivity contribution in [3.63, 3.8) is 0 Å². The molecule has 6 aromatic carbocycles. The molecule has 0 N–H and O–H groups in total. The molecule has 216 valence electrons. The van der Waals surface area contributed by atoms with Gasteiger partial charge in [0.2, 0.25) is 0 Å². The molecule has 0 saturated carbocycles. The lowest BCUT2D eigenvalue weighted by Gasteiger charge is -2.11. The number of aryl methyl sites for hydroxylation is 1. The van der Waals surface area contributed by atoms with Gasteiger partial charge in [-0.25, -0.2) is 9.97 Å². The number of rotatable bonds is 4. The first kappa shape index (κ1) is 26.4. The molecule has 9 aromatic rings. The molecule has 3 aromatic heterocycles. The van der Waals surface area contributed by atoms with Gasteiger partial charge in [-0.05, 0) is 70.8 Å². The van der Waals surface area contributed by atoms with Crippen LogP contribution in [0.25, 0.3) is 88.4 Å². The molecule has 3 heteroatoms. The molecule has 0 saturated heterocycles. The van der Waals surface area contributed by atoms with E-state index in [9.17, 15) is 0 Å². The molecule has 0 bridgehead atoms. The van der Waals surface area contributed by atoms with Crippen LogP contribution in [0.1, 0.15) is 0 Å². The van der Waals surface area contributed by atoms with Crippen LogP contribution in [0.4, 0.5) is 0 Å². The summed E-state index contributed by atoms with van der Waals surface area (Å²) in [6, 6.07) is 55.9. The monoisotopic (exact) mass is 587 g/mol. The standard InChI is InChI=1S/C43H29N3/c1-46-42-22-20-30(40-26-34(28-12-4-2-5-13-28)32-16-8-10-18-38(32)44-40)24-36(42)37-25-31(21-23-43(37)46)41-27-35(29-14-6-3-7-15-29)33-17-9-11-19-39(33)45-41/h2-27H,1H3. The van der Waals surface area contributed by atoms with Crippen LogP contribution in [-0.2, 0) is 7.05 Å². The number of benzene rings is 6. The minimum Gasteiger partial charge on any atom is -0.344 e. The summed E-state index contributed by atoms with van der Waals surface area (Å²) >= 11 is 0. The molecule has 0 unspecified atom stereocenters. The Balaban J connectivity index is 1.23. The van der Waals surface area contributed by atoms with Crippen molar-refractivity contribution < 1.29 is 0 Å². The molecule has 3 nitrogen and oxygen atoms in total. The third-order valence-electron chi connectivity index (χ3n) is 9.20. The molecule has 0 fully saturated rings. The van der Waals surface area contributed by atoms with Gasteiger partial charge in [-0.2, -0.15) is 0 Å². The fraction of sp³-hybridized carbons (Fsp3) is 0.0233. The Morgan fingerprint density at radius 1 is 0.370 bits per heavy atom. The maximum absolute atomic E-state index is 5.14. The van der Waals surface area contributed by atoms with Gasteiger partial charge in [-0.15, -0.1) is 0 Å². The van der Waals surface area contributed by atoms with Gasteiger partial charge < -0.3 is 4.57 Å². The smallest absolute Gasteiger partial charge is 0.0716 e. The van der Waals surface area contributed by atoms with Gasteiger partial charge in [0, 0.05) is 50.8 Å². The zero-order valence-corrected chi connectivity index (χ0v) is 25.4. The number of para-hydroxylation sites is 2. The van der Waals surface area contributed by atoms with E-state index >= 15 is 0 Å². The number of fused-ring (bicyclic) bond motifs is 5. The van der Waals surface area contributed by atoms with Crippen LogP contribution in [0.5, 0.6) is 0 Å². The molecular formula is C43H29N3. The molecule has 0 spiro atoms. The molecule has 46 heavy (non-hydrogen) atoms. The second kappa shape index (κ2) is 10.5. The Labute approximate surface area is 267 Å². The fourth-order valence-corrected chi connectivity index (χ4v) is 6.90. The van der Waals surface area contributed by atoms with E-state index in [1.54, 1.807) is 0 Å². The molecule has 0 amide bonds. The maximum Gasteiger partial charge on any atom is 0.0716 e. The van der Waals surface area contributed by atoms with Crippen LogP contribution in [0.15, 0.2) is 158 Å². The summed E-state index contributed by atoms with van der Waals surface area (Å²) in [4.78, 5) is 10.3. The average Bonchev–Trinajstić information content (AvgIpc) is 3.41. The quantitative estimate of drug-likeness (QED) is 0.205. The van der Waals surface area contributed by atoms with Crippen molar-refractivity contribution in [2.75, 3.05) is 0 Å². The predicted molar refractivity (Wildman–Crippen MR) is 193 cm³/mol. The second-order valence-electron chi connectivity index (χ2n) is 11.9. The van der Waals surface area contributed by atoms with E-state index in [1.807, 2.05) is 0 Å². The van der Waals surface area contributed by atoms with E-state index in [1.165, 1.54) is 44.1 Å². The van der Waals surface area contributed by atoms with E-state index in [2.05, 4.69) is 169 Å². The lowest BCUT2D eigenvalue weighted by molar-refractivity contribution is 1.01. The average molecular weight is 588 g/mol. The first-order chi connectivity index (χ1) is 22.7. The minimum atomic E-state index is 0.969. The van der Waals surface area contributed by atoms with Crippen LogP contribution in [0.2, 0.25) is 0 Å². The zero-order valence-electron chi connectivity index (χ0n) is 25.4. The molecular weight excluding hydrogens is 558 g/mol. The highest BCUT2D eigenvalue weighted by atomic mass is 14.9. The summed E-state index contributed by atoms with van der Waals surface area (Å²) in [5.41, 5.74) is 13.3. The molecule has 0 aliphatic carbocycles. The highest BCUT2D eigenvalue weighted by Crippen LogP contribution is 2.38. The molecule has 0 atom stereocenters. The van der Waals surface area contributed by atoms with E-state index in [0.29, 0.717) is 0 Å². The van der Waals surface area contributed by atoms with Gasteiger partial charge in [0.05, 0.1) is 22.4 Å². The van der Waals surface area contributed by atoms with E-state index < -0.39 is 0 Å². The lowest BCUT2D eigenvalue weighted by Crippen LogP contribution is -1.90. The first-order valence-electron chi connectivity index (χ1n) is 15.6. The molecule has 0 aliphatic heterocycles. The number of pyridine rings is 2. The van der Waals surface area contributed by atoms with Crippen molar-refractivity contribution >= 4 is 43.6 Å². The third kappa shape index (κ3) is 4.28. The molecule has 0 radical (unpaired) electrons. The molecule has 0 aliphatic rings. The SMILES string of the molecule is Cn1c2ccc(-c3cc(-c4ccccc4)c4ccccc4n3)cc2c2cc(-c3cc(-c4ccccc4)c4ccccc4n3)ccc21. The number of hydrogen-bond donors (Lipinski definition) is 0. The number of hydrogen-bond acceptors (Lipinski definition) is 2. The first-order valence-corrected chi connectivity index (χ1v) is 15.6. The van der Waals surface area contributed by atoms with Crippen molar-refractivity contribution in [2.24, 2.45) is 7.05 Å². The van der Waals surface area contributed by atoms with E-state index in [4.69, 9.17) is 9.97 Å². The van der Waals surface area contributed by atoms with Crippen LogP contribution >= 0.6 is 0 Å². The number of aromatic nitrogens is 3. The highest BCUT2D eigenvalue weighted by Gasteiger charge is 2.15. The van der Waals surface area contributed by atoms with Crippen LogP contribution in [0.3, 0.4) is 0 Å². The Hall–Kier alpha value is -6.06. The van der Waals surface area contributed by atoms with Gasteiger partial charge >= 0.3 is 0 Å². The van der Waals surface area contributed by atoms with Crippen molar-refractivity contribution in [2.45, 2.75) is 0 Å². The Bertz CT molecular complexity index is 2400. The fourth-order valence-electron chi connectivity index (χ4n) is 6.90. The molecule has 3 heterocycles. The Morgan fingerprint density at radius 2 is 0.783 bits per heavy atom. The van der Waals surface area contributed by atoms with E-state index in [-0.39, 0.29) is 0 Å². The van der Waals surface area contributed by atoms with Crippen molar-refractivity contribution in [3.05, 3.63) is 158 Å². The molecule has 9 rings (SSSR count). The highest BCUT2D eigenvalue weighted by molar-refractivity contribution is 6.11. The summed E-state index contributed by atoms with van der Waals surface area (Å²) in [5, 5.41) is 4.73.